The van der Waals surface area contributed by atoms with Crippen LogP contribution in [-0.4, -0.2) is 37.4 Å². The summed E-state index contributed by atoms with van der Waals surface area (Å²) in [7, 11) is 0. The van der Waals surface area contributed by atoms with E-state index in [0.29, 0.717) is 23.5 Å². The van der Waals surface area contributed by atoms with E-state index in [1.54, 1.807) is 18.6 Å². The number of H-pyrrole nitrogens is 1. The summed E-state index contributed by atoms with van der Waals surface area (Å²) in [5, 5.41) is 6.69. The second-order valence-corrected chi connectivity index (χ2v) is 10.8. The van der Waals surface area contributed by atoms with Crippen LogP contribution in [0.1, 0.15) is 42.7 Å². The Morgan fingerprint density at radius 1 is 1.11 bits per heavy atom. The van der Waals surface area contributed by atoms with Gasteiger partial charge in [-0.15, -0.1) is 0 Å². The number of hydrogen-bond acceptors (Lipinski definition) is 3. The van der Waals surface area contributed by atoms with Gasteiger partial charge in [0.2, 0.25) is 0 Å². The third-order valence-electron chi connectivity index (χ3n) is 7.57. The van der Waals surface area contributed by atoms with E-state index in [-0.39, 0.29) is 5.82 Å². The Labute approximate surface area is 225 Å². The molecular formula is C29H28Cl2FN5. The summed E-state index contributed by atoms with van der Waals surface area (Å²) in [4.78, 5) is 8.79. The summed E-state index contributed by atoms with van der Waals surface area (Å²) in [6.45, 7) is 5.66. The molecule has 2 aliphatic heterocycles. The standard InChI is InChI=1S/C29H28Cl2FN5/c1-3-18-6-5-7-19(4-2)27(18)37-28(22-8-9-24(32)26-21(22)10-12-34-26)23-16-36(13-11-25(23)35-37)29(31)14-20(30)15-33-17-29/h5-10,12,15,17,34H,3-4,11,13-14,16H2,1-2H3. The maximum Gasteiger partial charge on any atom is 0.147 e. The van der Waals surface area contributed by atoms with Gasteiger partial charge >= 0.3 is 0 Å². The summed E-state index contributed by atoms with van der Waals surface area (Å²) in [6, 6.07) is 11.8. The number of aryl methyl sites for hydroxylation is 2. The highest BCUT2D eigenvalue weighted by atomic mass is 35.5. The normalized spacial score (nSPS) is 19.9. The van der Waals surface area contributed by atoms with E-state index in [4.69, 9.17) is 28.3 Å². The van der Waals surface area contributed by atoms with Gasteiger partial charge in [0.15, 0.2) is 0 Å². The quantitative estimate of drug-likeness (QED) is 0.218. The molecule has 0 fully saturated rings. The van der Waals surface area contributed by atoms with Crippen LogP contribution in [0.2, 0.25) is 0 Å². The molecule has 37 heavy (non-hydrogen) atoms. The number of fused-ring (bicyclic) bond motifs is 2. The van der Waals surface area contributed by atoms with Crippen molar-refractivity contribution in [2.45, 2.75) is 51.1 Å². The number of hydrogen-bond donors (Lipinski definition) is 1. The van der Waals surface area contributed by atoms with Crippen LogP contribution in [0.15, 0.2) is 58.8 Å². The first kappa shape index (κ1) is 24.4. The van der Waals surface area contributed by atoms with Crippen molar-refractivity contribution < 1.29 is 4.39 Å². The highest BCUT2D eigenvalue weighted by Crippen LogP contribution is 2.41. The number of halogens is 3. The van der Waals surface area contributed by atoms with Crippen molar-refractivity contribution in [3.8, 4) is 16.9 Å². The lowest BCUT2D eigenvalue weighted by molar-refractivity contribution is 0.196. The van der Waals surface area contributed by atoms with Crippen molar-refractivity contribution in [1.29, 1.82) is 0 Å². The molecule has 8 heteroatoms. The lowest BCUT2D eigenvalue weighted by Crippen LogP contribution is -2.48. The van der Waals surface area contributed by atoms with Gasteiger partial charge in [-0.2, -0.15) is 5.10 Å². The lowest BCUT2D eigenvalue weighted by Gasteiger charge is -2.39. The molecule has 4 aromatic rings. The molecule has 0 amide bonds. The van der Waals surface area contributed by atoms with Crippen LogP contribution < -0.4 is 0 Å². The van der Waals surface area contributed by atoms with E-state index in [1.165, 1.54) is 17.2 Å². The maximum atomic E-state index is 14.7. The first-order chi connectivity index (χ1) is 17.9. The first-order valence-electron chi connectivity index (χ1n) is 12.7. The van der Waals surface area contributed by atoms with Crippen LogP contribution in [0.5, 0.6) is 0 Å². The SMILES string of the molecule is CCc1cccc(CC)c1-n1nc2c(c1-c1ccc(F)c3[nH]ccc13)CN(C1(Cl)C=NC=C(Cl)C1)CC2. The molecule has 0 spiro atoms. The number of alkyl halides is 1. The van der Waals surface area contributed by atoms with Crippen molar-refractivity contribution in [3.63, 3.8) is 0 Å². The zero-order valence-corrected chi connectivity index (χ0v) is 22.4. The highest BCUT2D eigenvalue weighted by molar-refractivity contribution is 6.35. The van der Waals surface area contributed by atoms with Crippen molar-refractivity contribution in [1.82, 2.24) is 19.7 Å². The van der Waals surface area contributed by atoms with Gasteiger partial charge in [-0.05, 0) is 42.2 Å². The van der Waals surface area contributed by atoms with Gasteiger partial charge in [-0.1, -0.05) is 55.2 Å². The molecule has 6 rings (SSSR count). The molecule has 190 valence electrons. The van der Waals surface area contributed by atoms with E-state index in [2.05, 4.69) is 51.6 Å². The minimum absolute atomic E-state index is 0.270. The highest BCUT2D eigenvalue weighted by Gasteiger charge is 2.39. The van der Waals surface area contributed by atoms with Gasteiger partial charge < -0.3 is 4.98 Å². The number of para-hydroxylation sites is 1. The predicted molar refractivity (Wildman–Crippen MR) is 149 cm³/mol. The number of benzene rings is 2. The van der Waals surface area contributed by atoms with Gasteiger partial charge in [0, 0.05) is 66.1 Å². The number of aromatic amines is 1. The molecule has 0 aliphatic carbocycles. The fourth-order valence-electron chi connectivity index (χ4n) is 5.70. The van der Waals surface area contributed by atoms with Gasteiger partial charge in [-0.3, -0.25) is 9.89 Å². The number of rotatable bonds is 5. The number of aliphatic imine (C=N–C) groups is 1. The van der Waals surface area contributed by atoms with Gasteiger partial charge in [0.05, 0.1) is 22.6 Å². The molecule has 0 radical (unpaired) electrons. The van der Waals surface area contributed by atoms with Gasteiger partial charge in [-0.25, -0.2) is 9.07 Å². The predicted octanol–water partition coefficient (Wildman–Crippen LogP) is 7.13. The molecular weight excluding hydrogens is 508 g/mol. The average molecular weight is 536 g/mol. The van der Waals surface area contributed by atoms with Crippen LogP contribution in [0.3, 0.4) is 0 Å². The Bertz CT molecular complexity index is 1540. The van der Waals surface area contributed by atoms with Gasteiger partial charge in [0.1, 0.15) is 10.8 Å². The first-order valence-corrected chi connectivity index (χ1v) is 13.5. The minimum Gasteiger partial charge on any atom is -0.359 e. The Kier molecular flexibility index (Phi) is 6.22. The Balaban J connectivity index is 1.59. The molecule has 2 aromatic heterocycles. The van der Waals surface area contributed by atoms with Crippen molar-refractivity contribution in [3.05, 3.63) is 82.0 Å². The minimum atomic E-state index is -0.801. The fourth-order valence-corrected chi connectivity index (χ4v) is 6.37. The Morgan fingerprint density at radius 3 is 2.62 bits per heavy atom. The van der Waals surface area contributed by atoms with Crippen LogP contribution >= 0.6 is 23.2 Å². The molecule has 2 aliphatic rings. The summed E-state index contributed by atoms with van der Waals surface area (Å²) < 4.78 is 16.8. The topological polar surface area (TPSA) is 49.2 Å². The van der Waals surface area contributed by atoms with Crippen molar-refractivity contribution in [2.24, 2.45) is 4.99 Å². The van der Waals surface area contributed by atoms with Crippen LogP contribution in [0.4, 0.5) is 4.39 Å². The monoisotopic (exact) mass is 535 g/mol. The van der Waals surface area contributed by atoms with E-state index < -0.39 is 5.00 Å². The van der Waals surface area contributed by atoms with E-state index in [0.717, 1.165) is 59.4 Å². The smallest absolute Gasteiger partial charge is 0.147 e. The second-order valence-electron chi connectivity index (χ2n) is 9.70. The van der Waals surface area contributed by atoms with E-state index in [9.17, 15) is 4.39 Å². The molecule has 0 saturated carbocycles. The van der Waals surface area contributed by atoms with E-state index in [1.807, 2.05) is 12.1 Å². The number of aromatic nitrogens is 3. The fraction of sp³-hybridized carbons (Fsp3) is 0.310. The average Bonchev–Trinajstić information content (AvgIpc) is 3.54. The zero-order valence-electron chi connectivity index (χ0n) is 20.9. The largest absolute Gasteiger partial charge is 0.359 e. The van der Waals surface area contributed by atoms with Crippen LogP contribution in [-0.2, 0) is 25.8 Å². The second kappa shape index (κ2) is 9.43. The molecule has 1 atom stereocenters. The maximum absolute atomic E-state index is 14.7. The number of nitrogens with one attached hydrogen (secondary N) is 1. The summed E-state index contributed by atoms with van der Waals surface area (Å²) in [5.74, 6) is -0.270. The Morgan fingerprint density at radius 2 is 1.89 bits per heavy atom. The molecule has 1 unspecified atom stereocenters. The third kappa shape index (κ3) is 4.02. The molecule has 0 bridgehead atoms. The lowest BCUT2D eigenvalue weighted by atomic mass is 9.96. The molecule has 1 N–H and O–H groups in total. The summed E-state index contributed by atoms with van der Waals surface area (Å²) >= 11 is 13.4. The van der Waals surface area contributed by atoms with E-state index >= 15 is 0 Å². The molecule has 5 nitrogen and oxygen atoms in total. The summed E-state index contributed by atoms with van der Waals surface area (Å²) in [6.07, 6.45) is 8.22. The molecule has 0 saturated heterocycles. The van der Waals surface area contributed by atoms with Crippen LogP contribution in [0, 0.1) is 5.82 Å². The molecule has 4 heterocycles. The van der Waals surface area contributed by atoms with Crippen molar-refractivity contribution in [2.75, 3.05) is 6.54 Å². The molecule has 2 aromatic carbocycles. The van der Waals surface area contributed by atoms with Gasteiger partial charge in [0.25, 0.3) is 0 Å². The van der Waals surface area contributed by atoms with Crippen LogP contribution in [0.25, 0.3) is 27.8 Å². The Hall–Kier alpha value is -2.93. The number of nitrogens with zero attached hydrogens (tertiary/aromatic N) is 4. The van der Waals surface area contributed by atoms with Crippen molar-refractivity contribution >= 4 is 40.3 Å². The third-order valence-corrected chi connectivity index (χ3v) is 8.27. The summed E-state index contributed by atoms with van der Waals surface area (Å²) in [5.41, 5.74) is 8.15. The zero-order chi connectivity index (χ0) is 25.7.